The monoisotopic (exact) mass is 1460 g/mol. The van der Waals surface area contributed by atoms with E-state index in [1.165, 1.54) is 0 Å². The van der Waals surface area contributed by atoms with Crippen molar-refractivity contribution in [2.24, 2.45) is 0 Å². The Morgan fingerprint density at radius 2 is 0.413 bits per heavy atom. The smallest absolute Gasteiger partial charge is 1.00 e. The molecule has 0 radical (unpaired) electrons. The van der Waals surface area contributed by atoms with E-state index in [0.717, 1.165) is 0 Å². The van der Waals surface area contributed by atoms with E-state index >= 15 is 0 Å². The summed E-state index contributed by atoms with van der Waals surface area (Å²) in [5, 5.41) is 117. The Morgan fingerprint density at radius 1 is 0.326 bits per heavy atom. The third-order valence-corrected chi connectivity index (χ3v) is 3.76. The van der Waals surface area contributed by atoms with Crippen molar-refractivity contribution in [3.8, 4) is 0 Å². The van der Waals surface area contributed by atoms with Crippen LogP contribution in [0, 0.1) is 0 Å². The first-order chi connectivity index (χ1) is 17.3. The average molecular weight is 1460 g/mol. The fourth-order valence-electron chi connectivity index (χ4n) is 2.05. The zero-order valence-electron chi connectivity index (χ0n) is 21.3. The number of carboxylic acids is 9. The Morgan fingerprint density at radius 3 is 0.457 bits per heavy atom. The first kappa shape index (κ1) is 71.1. The second kappa shape index (κ2) is 32.5. The molecule has 3 N–H and O–H groups in total. The fourth-order valence-corrected chi connectivity index (χ4v) is 2.05. The molecule has 0 unspecified atom stereocenters. The molecule has 0 spiro atoms. The largest absolute Gasteiger partial charge is 3.00 e. The molecule has 0 aliphatic rings. The van der Waals surface area contributed by atoms with E-state index in [1.807, 2.05) is 0 Å². The van der Waals surface area contributed by atoms with Crippen LogP contribution in [0.3, 0.4) is 0 Å². The summed E-state index contributed by atoms with van der Waals surface area (Å²) in [5.41, 5.74) is -8.92. The first-order valence-electron chi connectivity index (χ1n) is 9.34. The van der Waals surface area contributed by atoms with Crippen molar-refractivity contribution in [3.63, 3.8) is 0 Å². The summed E-state index contributed by atoms with van der Waals surface area (Å²) in [7, 11) is 0. The van der Waals surface area contributed by atoms with Crippen LogP contribution < -0.4 is 83.2 Å². The van der Waals surface area contributed by atoms with E-state index in [2.05, 4.69) is 0 Å². The van der Waals surface area contributed by atoms with Crippen LogP contribution in [-0.4, -0.2) is 85.8 Å². The number of hydrogen-bond acceptors (Lipinski definition) is 21. The molecular formula is C18H15Au4Cl3O21. The van der Waals surface area contributed by atoms with Crippen molar-refractivity contribution in [2.75, 3.05) is 0 Å². The van der Waals surface area contributed by atoms with Gasteiger partial charge in [-0.05, 0) is 0 Å². The zero-order valence-corrected chi connectivity index (χ0v) is 32.2. The molecule has 28 heteroatoms. The van der Waals surface area contributed by atoms with Gasteiger partial charge in [0.2, 0.25) is 0 Å². The van der Waals surface area contributed by atoms with Gasteiger partial charge in [-0.2, -0.15) is 0 Å². The molecule has 21 nitrogen and oxygen atoms in total. The Hall–Kier alpha value is -1.06. The zero-order chi connectivity index (χ0) is 31.9. The van der Waals surface area contributed by atoms with Crippen LogP contribution in [0.2, 0.25) is 0 Å². The molecule has 0 heterocycles. The summed E-state index contributed by atoms with van der Waals surface area (Å²) in [5.74, 6) is -18.0. The number of hydrogen-bond donors (Lipinski definition) is 3. The van der Waals surface area contributed by atoms with Crippen molar-refractivity contribution in [1.29, 1.82) is 0 Å². The minimum atomic E-state index is -2.97. The number of carbonyl (C=O) groups is 9. The quantitative estimate of drug-likeness (QED) is 0.128. The van der Waals surface area contributed by atoms with Gasteiger partial charge in [-0.1, -0.05) is 0 Å². The minimum Gasteiger partial charge on any atom is -1.00 e. The molecule has 0 aromatic rings. The summed E-state index contributed by atoms with van der Waals surface area (Å²) in [6.07, 6.45) is -8.15. The van der Waals surface area contributed by atoms with Gasteiger partial charge >= 0.3 is 89.5 Å². The second-order valence-corrected chi connectivity index (χ2v) is 7.25. The van der Waals surface area contributed by atoms with Gasteiger partial charge in [0.1, 0.15) is 16.8 Å². The third-order valence-electron chi connectivity index (χ3n) is 3.76. The van der Waals surface area contributed by atoms with Crippen molar-refractivity contribution in [1.82, 2.24) is 0 Å². The summed E-state index contributed by atoms with van der Waals surface area (Å²) in [6.45, 7) is 0. The molecular weight excluding hydrogens is 1450 g/mol. The molecule has 0 fully saturated rings. The number of carbonyl (C=O) groups excluding carboxylic acids is 9. The van der Waals surface area contributed by atoms with Gasteiger partial charge in [0.05, 0.1) is 17.9 Å². The topological polar surface area (TPSA) is 422 Å². The first-order valence-corrected chi connectivity index (χ1v) is 9.34. The maximum Gasteiger partial charge on any atom is 3.00 e. The summed E-state index contributed by atoms with van der Waals surface area (Å²) in [4.78, 5) is 90.0. The van der Waals surface area contributed by atoms with Crippen molar-refractivity contribution in [3.05, 3.63) is 0 Å². The number of halogens is 3. The molecule has 0 bridgehead atoms. The number of aliphatic carboxylic acids is 9. The third kappa shape index (κ3) is 34.3. The Labute approximate surface area is 337 Å². The predicted octanol–water partition coefficient (Wildman–Crippen LogP) is -24.8. The van der Waals surface area contributed by atoms with Crippen LogP contribution in [0.1, 0.15) is 38.5 Å². The van der Waals surface area contributed by atoms with Crippen LogP contribution in [-0.2, 0) is 133 Å². The normalized spacial score (nSPS) is 9.20. The maximum atomic E-state index is 10.1. The van der Waals surface area contributed by atoms with Gasteiger partial charge in [-0.25, -0.2) is 0 Å². The fraction of sp³-hybridized carbons (Fsp3) is 0.500. The summed E-state index contributed by atoms with van der Waals surface area (Å²) >= 11 is 0. The van der Waals surface area contributed by atoms with E-state index in [0.29, 0.717) is 0 Å². The SMILES string of the molecule is O=C([O-])CC(O)(CC(=O)[O-])C(=O)[O-].O=C([O-])CC(O)(CC(=O)[O-])C(=O)[O-].O=C([O-])CC(O)(CC(=O)[O-])C(=O)[O-].[Au+3].[Au+3].[Au+3].[Au+3].[Cl-].[Cl-].[Cl-]. The maximum absolute atomic E-state index is 10.1. The molecule has 0 aromatic heterocycles. The van der Waals surface area contributed by atoms with Crippen LogP contribution in [0.15, 0.2) is 0 Å². The van der Waals surface area contributed by atoms with Crippen LogP contribution in [0.5, 0.6) is 0 Å². The van der Waals surface area contributed by atoms with Crippen molar-refractivity contribution < 1.29 is 231 Å². The van der Waals surface area contributed by atoms with Gasteiger partial charge in [0.25, 0.3) is 0 Å². The number of carboxylic acid groups (broad SMARTS) is 9. The Bertz CT molecular complexity index is 841. The van der Waals surface area contributed by atoms with Gasteiger partial charge in [0.15, 0.2) is 0 Å². The van der Waals surface area contributed by atoms with Gasteiger partial charge < -0.3 is 142 Å². The Balaban J connectivity index is -0.0000000491. The Kier molecular flexibility index (Phi) is 50.2. The standard InChI is InChI=1S/3C6H8O7.4Au.3ClH/c3*7-3(8)1-6(13,5(11)12)2-4(9)10;;;;;;;/h3*13H,1-2H2,(H,7,8)(H,9,10)(H,11,12);;;;;3*1H/q;;;4*+3;;;/p-12. The van der Waals surface area contributed by atoms with Crippen LogP contribution in [0.4, 0.5) is 0 Å². The van der Waals surface area contributed by atoms with Crippen LogP contribution in [0.25, 0.3) is 0 Å². The minimum absolute atomic E-state index is 0. The predicted molar refractivity (Wildman–Crippen MR) is 87.6 cm³/mol. The molecule has 0 aliphatic heterocycles. The van der Waals surface area contributed by atoms with Gasteiger partial charge in [-0.3, -0.25) is 0 Å². The molecule has 0 saturated heterocycles. The second-order valence-electron chi connectivity index (χ2n) is 7.25. The van der Waals surface area contributed by atoms with Crippen LogP contribution >= 0.6 is 0 Å². The molecule has 0 amide bonds. The van der Waals surface area contributed by atoms with E-state index in [4.69, 9.17) is 15.3 Å². The summed E-state index contributed by atoms with van der Waals surface area (Å²) in [6, 6.07) is 0. The summed E-state index contributed by atoms with van der Waals surface area (Å²) < 4.78 is 0. The van der Waals surface area contributed by atoms with E-state index < -0.39 is 109 Å². The van der Waals surface area contributed by atoms with Gasteiger partial charge in [0, 0.05) is 74.3 Å². The molecule has 0 aliphatic carbocycles. The van der Waals surface area contributed by atoms with E-state index in [1.54, 1.807) is 0 Å². The molecule has 0 atom stereocenters. The molecule has 278 valence electrons. The number of rotatable bonds is 15. The van der Waals surface area contributed by atoms with E-state index in [9.17, 15) is 89.1 Å². The molecule has 46 heavy (non-hydrogen) atoms. The van der Waals surface area contributed by atoms with E-state index in [-0.39, 0.29) is 127 Å². The molecule has 0 saturated carbocycles. The molecule has 0 rings (SSSR count). The van der Waals surface area contributed by atoms with Gasteiger partial charge in [-0.15, -0.1) is 0 Å². The average Bonchev–Trinajstić information content (AvgIpc) is 2.64. The van der Waals surface area contributed by atoms with Crippen molar-refractivity contribution >= 4 is 53.7 Å². The number of aliphatic hydroxyl groups is 3. The molecule has 0 aromatic carbocycles. The van der Waals surface area contributed by atoms with Crippen molar-refractivity contribution in [2.45, 2.75) is 55.3 Å².